The lowest BCUT2D eigenvalue weighted by molar-refractivity contribution is -0.137. The zero-order chi connectivity index (χ0) is 15.6. The first-order valence-electron chi connectivity index (χ1n) is 6.13. The van der Waals surface area contributed by atoms with E-state index in [9.17, 15) is 13.2 Å². The molecule has 21 heavy (non-hydrogen) atoms. The molecule has 0 aliphatic heterocycles. The van der Waals surface area contributed by atoms with Gasteiger partial charge in [0.05, 0.1) is 16.3 Å². The Morgan fingerprint density at radius 2 is 1.76 bits per heavy atom. The Bertz CT molecular complexity index is 654. The molecule has 0 radical (unpaired) electrons. The van der Waals surface area contributed by atoms with Crippen LogP contribution in [0.3, 0.4) is 0 Å². The van der Waals surface area contributed by atoms with E-state index in [1.165, 1.54) is 6.07 Å². The van der Waals surface area contributed by atoms with Crippen molar-refractivity contribution in [2.75, 3.05) is 5.32 Å². The quantitative estimate of drug-likeness (QED) is 0.733. The number of hydrogen-bond donors (Lipinski definition) is 1. The minimum atomic E-state index is -4.39. The van der Waals surface area contributed by atoms with Gasteiger partial charge >= 0.3 is 6.18 Å². The maximum atomic E-state index is 12.7. The van der Waals surface area contributed by atoms with E-state index < -0.39 is 11.7 Å². The van der Waals surface area contributed by atoms with Crippen molar-refractivity contribution in [1.82, 2.24) is 0 Å². The molecular formula is C15H12Cl2F3N. The summed E-state index contributed by atoms with van der Waals surface area (Å²) in [5.41, 5.74) is 1.41. The Morgan fingerprint density at radius 1 is 1.05 bits per heavy atom. The molecule has 0 aliphatic rings. The normalized spacial score (nSPS) is 11.5. The van der Waals surface area contributed by atoms with Gasteiger partial charge in [0.2, 0.25) is 0 Å². The van der Waals surface area contributed by atoms with E-state index in [1.54, 1.807) is 12.1 Å². The lowest BCUT2D eigenvalue weighted by Crippen LogP contribution is -2.07. The van der Waals surface area contributed by atoms with Crippen molar-refractivity contribution in [2.24, 2.45) is 0 Å². The zero-order valence-electron chi connectivity index (χ0n) is 11.1. The van der Waals surface area contributed by atoms with Gasteiger partial charge < -0.3 is 5.32 Å². The average Bonchev–Trinajstić information content (AvgIpc) is 2.38. The highest BCUT2D eigenvalue weighted by Gasteiger charge is 2.30. The van der Waals surface area contributed by atoms with Gasteiger partial charge in [-0.1, -0.05) is 29.3 Å². The van der Waals surface area contributed by atoms with Gasteiger partial charge in [0, 0.05) is 11.6 Å². The van der Waals surface area contributed by atoms with E-state index in [-0.39, 0.29) is 10.7 Å². The lowest BCUT2D eigenvalue weighted by Gasteiger charge is -2.13. The molecule has 0 fully saturated rings. The molecule has 0 aromatic heterocycles. The molecule has 112 valence electrons. The summed E-state index contributed by atoms with van der Waals surface area (Å²) in [7, 11) is 0. The number of anilines is 1. The molecule has 0 saturated heterocycles. The molecule has 1 nitrogen and oxygen atoms in total. The fraction of sp³-hybridized carbons (Fsp3) is 0.200. The molecule has 0 aliphatic carbocycles. The van der Waals surface area contributed by atoms with Crippen LogP contribution in [-0.4, -0.2) is 0 Å². The van der Waals surface area contributed by atoms with E-state index in [0.29, 0.717) is 11.6 Å². The van der Waals surface area contributed by atoms with E-state index in [4.69, 9.17) is 23.2 Å². The molecule has 0 unspecified atom stereocenters. The van der Waals surface area contributed by atoms with Gasteiger partial charge in [-0.2, -0.15) is 13.2 Å². The standard InChI is InChI=1S/C15H12Cl2F3N/c1-9-6-12(16)4-2-10(9)8-21-14-7-11(15(18,19)20)3-5-13(14)17/h2-7,21H,8H2,1H3. The van der Waals surface area contributed by atoms with Crippen LogP contribution < -0.4 is 5.32 Å². The predicted octanol–water partition coefficient (Wildman–Crippen LogP) is 5.93. The maximum Gasteiger partial charge on any atom is 0.416 e. The smallest absolute Gasteiger partial charge is 0.380 e. The third-order valence-corrected chi connectivity index (χ3v) is 3.63. The highest BCUT2D eigenvalue weighted by Crippen LogP contribution is 2.34. The van der Waals surface area contributed by atoms with Crippen LogP contribution >= 0.6 is 23.2 Å². The third kappa shape index (κ3) is 4.05. The van der Waals surface area contributed by atoms with Crippen LogP contribution in [0.4, 0.5) is 18.9 Å². The summed E-state index contributed by atoms with van der Waals surface area (Å²) >= 11 is 11.8. The molecule has 0 bridgehead atoms. The summed E-state index contributed by atoms with van der Waals surface area (Å²) in [6.45, 7) is 2.25. The van der Waals surface area contributed by atoms with E-state index in [2.05, 4.69) is 5.32 Å². The summed E-state index contributed by atoms with van der Waals surface area (Å²) in [6.07, 6.45) is -4.39. The Hall–Kier alpha value is -1.39. The van der Waals surface area contributed by atoms with Crippen LogP contribution in [-0.2, 0) is 12.7 Å². The van der Waals surface area contributed by atoms with Crippen molar-refractivity contribution < 1.29 is 13.2 Å². The van der Waals surface area contributed by atoms with E-state index >= 15 is 0 Å². The molecule has 0 atom stereocenters. The van der Waals surface area contributed by atoms with Crippen LogP contribution in [0.25, 0.3) is 0 Å². The van der Waals surface area contributed by atoms with Crippen molar-refractivity contribution in [1.29, 1.82) is 0 Å². The molecule has 6 heteroatoms. The largest absolute Gasteiger partial charge is 0.416 e. The molecular weight excluding hydrogens is 322 g/mol. The Morgan fingerprint density at radius 3 is 2.38 bits per heavy atom. The molecule has 0 amide bonds. The number of hydrogen-bond acceptors (Lipinski definition) is 1. The second-order valence-electron chi connectivity index (χ2n) is 4.62. The molecule has 0 heterocycles. The summed E-state index contributed by atoms with van der Waals surface area (Å²) in [4.78, 5) is 0. The summed E-state index contributed by atoms with van der Waals surface area (Å²) in [5, 5.41) is 3.79. The summed E-state index contributed by atoms with van der Waals surface area (Å²) in [5.74, 6) is 0. The fourth-order valence-electron chi connectivity index (χ4n) is 1.89. The molecule has 0 spiro atoms. The number of aryl methyl sites for hydroxylation is 1. The van der Waals surface area contributed by atoms with Crippen molar-refractivity contribution >= 4 is 28.9 Å². The number of rotatable bonds is 3. The first-order chi connectivity index (χ1) is 9.77. The van der Waals surface area contributed by atoms with Gasteiger partial charge in [-0.05, 0) is 48.4 Å². The zero-order valence-corrected chi connectivity index (χ0v) is 12.6. The Labute approximate surface area is 130 Å². The van der Waals surface area contributed by atoms with Gasteiger partial charge in [0.25, 0.3) is 0 Å². The second-order valence-corrected chi connectivity index (χ2v) is 5.46. The molecule has 2 rings (SSSR count). The van der Waals surface area contributed by atoms with Crippen LogP contribution in [0.5, 0.6) is 0 Å². The van der Waals surface area contributed by atoms with Gasteiger partial charge in [-0.15, -0.1) is 0 Å². The van der Waals surface area contributed by atoms with Crippen molar-refractivity contribution in [2.45, 2.75) is 19.6 Å². The van der Waals surface area contributed by atoms with Crippen LogP contribution in [0, 0.1) is 6.92 Å². The van der Waals surface area contributed by atoms with Gasteiger partial charge in [-0.3, -0.25) is 0 Å². The summed E-state index contributed by atoms with van der Waals surface area (Å²) in [6, 6.07) is 8.56. The van der Waals surface area contributed by atoms with Crippen molar-refractivity contribution in [3.05, 3.63) is 63.1 Å². The molecule has 1 N–H and O–H groups in total. The van der Waals surface area contributed by atoms with Crippen LogP contribution in [0.15, 0.2) is 36.4 Å². The predicted molar refractivity (Wildman–Crippen MR) is 80.0 cm³/mol. The Kier molecular flexibility index (Phi) is 4.69. The number of halogens is 5. The minimum absolute atomic E-state index is 0.245. The topological polar surface area (TPSA) is 12.0 Å². The van der Waals surface area contributed by atoms with Gasteiger partial charge in [0.15, 0.2) is 0 Å². The average molecular weight is 334 g/mol. The lowest BCUT2D eigenvalue weighted by atomic mass is 10.1. The first kappa shape index (κ1) is 16.0. The van der Waals surface area contributed by atoms with Gasteiger partial charge in [-0.25, -0.2) is 0 Å². The fourth-order valence-corrected chi connectivity index (χ4v) is 2.30. The SMILES string of the molecule is Cc1cc(Cl)ccc1CNc1cc(C(F)(F)F)ccc1Cl. The molecule has 2 aromatic carbocycles. The highest BCUT2D eigenvalue weighted by atomic mass is 35.5. The Balaban J connectivity index is 2.19. The maximum absolute atomic E-state index is 12.7. The first-order valence-corrected chi connectivity index (χ1v) is 6.88. The third-order valence-electron chi connectivity index (χ3n) is 3.07. The van der Waals surface area contributed by atoms with Crippen molar-refractivity contribution in [3.8, 4) is 0 Å². The van der Waals surface area contributed by atoms with Crippen molar-refractivity contribution in [3.63, 3.8) is 0 Å². The van der Waals surface area contributed by atoms with Crippen LogP contribution in [0.1, 0.15) is 16.7 Å². The number of nitrogens with one attached hydrogen (secondary N) is 1. The number of alkyl halides is 3. The number of benzene rings is 2. The van der Waals surface area contributed by atoms with E-state index in [0.717, 1.165) is 23.3 Å². The van der Waals surface area contributed by atoms with E-state index in [1.807, 2.05) is 13.0 Å². The molecule has 2 aromatic rings. The minimum Gasteiger partial charge on any atom is -0.380 e. The highest BCUT2D eigenvalue weighted by molar-refractivity contribution is 6.33. The van der Waals surface area contributed by atoms with Crippen LogP contribution in [0.2, 0.25) is 10.0 Å². The summed E-state index contributed by atoms with van der Waals surface area (Å²) < 4.78 is 38.1. The molecule has 0 saturated carbocycles. The monoisotopic (exact) mass is 333 g/mol. The second kappa shape index (κ2) is 6.16. The van der Waals surface area contributed by atoms with Gasteiger partial charge in [0.1, 0.15) is 0 Å².